The van der Waals surface area contributed by atoms with Crippen LogP contribution in [0.3, 0.4) is 0 Å². The minimum atomic E-state index is -0.395. The van der Waals surface area contributed by atoms with Crippen LogP contribution < -0.4 is 9.47 Å². The van der Waals surface area contributed by atoms with Crippen LogP contribution >= 0.6 is 12.1 Å². The van der Waals surface area contributed by atoms with Crippen molar-refractivity contribution in [1.82, 2.24) is 8.61 Å². The molecule has 0 saturated heterocycles. The fraction of sp³-hybridized carbons (Fsp3) is 0.632. The van der Waals surface area contributed by atoms with Crippen molar-refractivity contribution < 1.29 is 14.3 Å². The molecule has 1 aromatic rings. The van der Waals surface area contributed by atoms with Gasteiger partial charge >= 0.3 is 6.09 Å². The van der Waals surface area contributed by atoms with Gasteiger partial charge in [-0.25, -0.2) is 13.4 Å². The van der Waals surface area contributed by atoms with E-state index in [1.54, 1.807) is 13.1 Å². The zero-order valence-electron chi connectivity index (χ0n) is 16.2. The van der Waals surface area contributed by atoms with Crippen molar-refractivity contribution in [1.29, 1.82) is 0 Å². The van der Waals surface area contributed by atoms with E-state index in [1.807, 2.05) is 26.0 Å². The van der Waals surface area contributed by atoms with Crippen molar-refractivity contribution in [3.8, 4) is 11.5 Å². The van der Waals surface area contributed by atoms with Gasteiger partial charge in [0.25, 0.3) is 0 Å². The van der Waals surface area contributed by atoms with Gasteiger partial charge in [-0.3, -0.25) is 0 Å². The van der Waals surface area contributed by atoms with Crippen LogP contribution in [-0.4, -0.2) is 39.9 Å². The summed E-state index contributed by atoms with van der Waals surface area (Å²) in [6, 6.07) is 6.05. The molecule has 0 fully saturated rings. The van der Waals surface area contributed by atoms with Gasteiger partial charge in [0.05, 0.1) is 0 Å². The van der Waals surface area contributed by atoms with Gasteiger partial charge < -0.3 is 9.47 Å². The maximum absolute atomic E-state index is 12.5. The summed E-state index contributed by atoms with van der Waals surface area (Å²) in [7, 11) is 1.74. The maximum Gasteiger partial charge on any atom is 0.426 e. The summed E-state index contributed by atoms with van der Waals surface area (Å²) in [5, 5.41) is 0. The second-order valence-electron chi connectivity index (χ2n) is 7.32. The number of fused-ring (bicyclic) bond motifs is 1. The minimum Gasteiger partial charge on any atom is -0.483 e. The highest BCUT2D eigenvalue weighted by molar-refractivity contribution is 7.95. The molecule has 0 radical (unpaired) electrons. The summed E-state index contributed by atoms with van der Waals surface area (Å²) >= 11 is 1.40. The first-order valence-corrected chi connectivity index (χ1v) is 9.67. The number of para-hydroxylation sites is 1. The lowest BCUT2D eigenvalue weighted by molar-refractivity contribution is 0.131. The van der Waals surface area contributed by atoms with Gasteiger partial charge in [-0.2, -0.15) is 0 Å². The number of carbonyl (C=O) groups excluding carboxylic acids is 1. The predicted octanol–water partition coefficient (Wildman–Crippen LogP) is 4.90. The largest absolute Gasteiger partial charge is 0.483 e. The minimum absolute atomic E-state index is 0.264. The summed E-state index contributed by atoms with van der Waals surface area (Å²) in [5.74, 6) is 1.18. The van der Waals surface area contributed by atoms with Crippen molar-refractivity contribution >= 4 is 18.2 Å². The molecule has 0 atom stereocenters. The van der Waals surface area contributed by atoms with Crippen molar-refractivity contribution in [2.75, 3.05) is 13.6 Å². The highest BCUT2D eigenvalue weighted by atomic mass is 32.2. The zero-order chi connectivity index (χ0) is 18.6. The van der Waals surface area contributed by atoms with Gasteiger partial charge in [0.1, 0.15) is 5.60 Å². The van der Waals surface area contributed by atoms with Crippen LogP contribution in [-0.2, 0) is 6.42 Å². The fourth-order valence-electron chi connectivity index (χ4n) is 2.72. The molecule has 0 aromatic heterocycles. The highest BCUT2D eigenvalue weighted by Gasteiger charge is 2.33. The van der Waals surface area contributed by atoms with Crippen LogP contribution in [0.4, 0.5) is 4.79 Å². The number of carbonyl (C=O) groups is 1. The normalized spacial score (nSPS) is 15.2. The van der Waals surface area contributed by atoms with Crippen molar-refractivity contribution in [3.63, 3.8) is 0 Å². The molecule has 0 bridgehead atoms. The van der Waals surface area contributed by atoms with Gasteiger partial charge in [0.15, 0.2) is 11.5 Å². The number of hydrogen-bond acceptors (Lipinski definition) is 5. The molecule has 1 heterocycles. The van der Waals surface area contributed by atoms with Crippen molar-refractivity contribution in [3.05, 3.63) is 23.8 Å². The smallest absolute Gasteiger partial charge is 0.426 e. The SMILES string of the molecule is CCCCN(SN(C)C(=O)Oc1cccc2c1OC(C)(C)C2)C(C)C. The van der Waals surface area contributed by atoms with E-state index >= 15 is 0 Å². The quantitative estimate of drug-likeness (QED) is 0.642. The highest BCUT2D eigenvalue weighted by Crippen LogP contribution is 2.42. The number of amides is 1. The van der Waals surface area contributed by atoms with Crippen LogP contribution in [0, 0.1) is 0 Å². The second kappa shape index (κ2) is 8.32. The topological polar surface area (TPSA) is 42.0 Å². The third-order valence-corrected chi connectivity index (χ3v) is 5.25. The molecule has 1 amide bonds. The van der Waals surface area contributed by atoms with Crippen molar-refractivity contribution in [2.24, 2.45) is 0 Å². The predicted molar refractivity (Wildman–Crippen MR) is 103 cm³/mol. The third-order valence-electron chi connectivity index (χ3n) is 4.04. The van der Waals surface area contributed by atoms with Gasteiger partial charge in [-0.05, 0) is 40.2 Å². The van der Waals surface area contributed by atoms with E-state index in [1.165, 1.54) is 16.4 Å². The maximum atomic E-state index is 12.5. The van der Waals surface area contributed by atoms with Crippen LogP contribution in [0.25, 0.3) is 0 Å². The lowest BCUT2D eigenvalue weighted by Crippen LogP contribution is -2.33. The lowest BCUT2D eigenvalue weighted by atomic mass is 10.0. The molecule has 6 heteroatoms. The Morgan fingerprint density at radius 1 is 1.40 bits per heavy atom. The number of benzene rings is 1. The Bertz CT molecular complexity index is 604. The summed E-state index contributed by atoms with van der Waals surface area (Å²) in [6.07, 6.45) is 2.65. The first-order chi connectivity index (χ1) is 11.7. The van der Waals surface area contributed by atoms with Gasteiger partial charge in [-0.1, -0.05) is 25.5 Å². The van der Waals surface area contributed by atoms with Crippen LogP contribution in [0.15, 0.2) is 18.2 Å². The van der Waals surface area contributed by atoms with E-state index in [-0.39, 0.29) is 5.60 Å². The summed E-state index contributed by atoms with van der Waals surface area (Å²) in [4.78, 5) is 12.5. The number of ether oxygens (including phenoxy) is 2. The molecule has 0 unspecified atom stereocenters. The number of hydrogen-bond donors (Lipinski definition) is 0. The fourth-order valence-corrected chi connectivity index (χ4v) is 3.54. The van der Waals surface area contributed by atoms with Crippen LogP contribution in [0.5, 0.6) is 11.5 Å². The molecule has 0 N–H and O–H groups in total. The molecular formula is C19H30N2O3S. The average Bonchev–Trinajstić information content (AvgIpc) is 2.85. The summed E-state index contributed by atoms with van der Waals surface area (Å²) in [5.41, 5.74) is 0.817. The number of nitrogens with zero attached hydrogens (tertiary/aromatic N) is 2. The third kappa shape index (κ3) is 5.28. The Hall–Kier alpha value is -1.40. The Morgan fingerprint density at radius 3 is 2.76 bits per heavy atom. The van der Waals surface area contributed by atoms with E-state index in [9.17, 15) is 4.79 Å². The molecule has 1 aromatic carbocycles. The Morgan fingerprint density at radius 2 is 2.12 bits per heavy atom. The molecule has 0 aliphatic carbocycles. The monoisotopic (exact) mass is 366 g/mol. The number of unbranched alkanes of at least 4 members (excludes halogenated alkanes) is 1. The molecule has 1 aliphatic rings. The Balaban J connectivity index is 2.02. The lowest BCUT2D eigenvalue weighted by Gasteiger charge is -2.28. The zero-order valence-corrected chi connectivity index (χ0v) is 17.0. The van der Waals surface area contributed by atoms with E-state index in [2.05, 4.69) is 25.1 Å². The van der Waals surface area contributed by atoms with Gasteiger partial charge in [-0.15, -0.1) is 0 Å². The molecule has 0 saturated carbocycles. The first kappa shape index (κ1) is 19.9. The molecule has 5 nitrogen and oxygen atoms in total. The van der Waals surface area contributed by atoms with Crippen molar-refractivity contribution in [2.45, 2.75) is 65.5 Å². The summed E-state index contributed by atoms with van der Waals surface area (Å²) in [6.45, 7) is 11.4. The molecule has 1 aliphatic heterocycles. The van der Waals surface area contributed by atoms with Gasteiger partial charge in [0.2, 0.25) is 0 Å². The molecule has 140 valence electrons. The molecule has 0 spiro atoms. The molecular weight excluding hydrogens is 336 g/mol. The Labute approximate surface area is 155 Å². The van der Waals surface area contributed by atoms with Crippen LogP contribution in [0.2, 0.25) is 0 Å². The van der Waals surface area contributed by atoms with E-state index in [4.69, 9.17) is 9.47 Å². The average molecular weight is 367 g/mol. The van der Waals surface area contributed by atoms with E-state index < -0.39 is 6.09 Å². The molecule has 25 heavy (non-hydrogen) atoms. The standard InChI is InChI=1S/C19H30N2O3S/c1-7-8-12-21(14(2)3)25-20(6)18(22)23-16-11-9-10-15-13-19(4,5)24-17(15)16/h9-11,14H,7-8,12-13H2,1-6H3. The summed E-state index contributed by atoms with van der Waals surface area (Å²) < 4.78 is 15.3. The Kier molecular flexibility index (Phi) is 6.63. The first-order valence-electron chi connectivity index (χ1n) is 8.94. The second-order valence-corrected chi connectivity index (χ2v) is 8.50. The molecule has 2 rings (SSSR count). The van der Waals surface area contributed by atoms with Gasteiger partial charge in [0, 0.05) is 43.8 Å². The van der Waals surface area contributed by atoms with E-state index in [0.717, 1.165) is 31.4 Å². The number of rotatable bonds is 7. The van der Waals surface area contributed by atoms with Crippen LogP contribution in [0.1, 0.15) is 53.0 Å². The van der Waals surface area contributed by atoms with E-state index in [0.29, 0.717) is 17.5 Å².